The second kappa shape index (κ2) is 8.70. The molecule has 0 radical (unpaired) electrons. The zero-order valence-electron chi connectivity index (χ0n) is 15.6. The molecule has 0 aromatic heterocycles. The molecule has 0 atom stereocenters. The number of para-hydroxylation sites is 2. The Hall–Kier alpha value is -4.46. The Morgan fingerprint density at radius 2 is 1.13 bits per heavy atom. The predicted octanol–water partition coefficient (Wildman–Crippen LogP) is 3.32. The number of benzene rings is 2. The minimum absolute atomic E-state index is 0.137. The fourth-order valence-corrected chi connectivity index (χ4v) is 2.67. The number of aliphatic imine (C=N–C) groups is 2. The number of nitrogens with one attached hydrogen (secondary N) is 2. The van der Waals surface area contributed by atoms with Gasteiger partial charge in [0.15, 0.2) is 0 Å². The summed E-state index contributed by atoms with van der Waals surface area (Å²) in [7, 11) is 0. The first kappa shape index (κ1) is 18.9. The van der Waals surface area contributed by atoms with Crippen LogP contribution in [0.25, 0.3) is 0 Å². The number of carbonyl (C=O) groups is 2. The molecule has 2 aliphatic rings. The Morgan fingerprint density at radius 3 is 1.60 bits per heavy atom. The second-order valence-corrected chi connectivity index (χ2v) is 6.14. The molecular weight excluding hydrogens is 384 g/mol. The lowest BCUT2D eigenvalue weighted by Crippen LogP contribution is -2.11. The molecule has 0 bridgehead atoms. The van der Waals surface area contributed by atoms with Gasteiger partial charge in [-0.15, -0.1) is 0 Å². The highest BCUT2D eigenvalue weighted by Gasteiger charge is 2.12. The molecule has 2 heterocycles. The summed E-state index contributed by atoms with van der Waals surface area (Å²) in [5, 5.41) is 5.94. The molecule has 148 valence electrons. The molecule has 4 rings (SSSR count). The number of rotatable bonds is 4. The van der Waals surface area contributed by atoms with Gasteiger partial charge < -0.3 is 20.1 Å². The average molecular weight is 400 g/mol. The summed E-state index contributed by atoms with van der Waals surface area (Å²) in [5.41, 5.74) is 3.20. The normalized spacial score (nSPS) is 14.1. The predicted molar refractivity (Wildman–Crippen MR) is 113 cm³/mol. The molecule has 0 amide bonds. The number of ether oxygens (including phenoxy) is 2. The highest BCUT2D eigenvalue weighted by Crippen LogP contribution is 2.19. The van der Waals surface area contributed by atoms with Crippen molar-refractivity contribution in [1.82, 2.24) is 0 Å². The first-order valence-corrected chi connectivity index (χ1v) is 8.98. The van der Waals surface area contributed by atoms with E-state index in [-0.39, 0.29) is 11.8 Å². The van der Waals surface area contributed by atoms with Gasteiger partial charge in [-0.3, -0.25) is 9.98 Å². The zero-order chi connectivity index (χ0) is 20.8. The van der Waals surface area contributed by atoms with Crippen molar-refractivity contribution in [2.45, 2.75) is 0 Å². The van der Waals surface area contributed by atoms with Crippen molar-refractivity contribution in [2.75, 3.05) is 10.6 Å². The van der Waals surface area contributed by atoms with Gasteiger partial charge in [-0.05, 0) is 12.1 Å². The van der Waals surface area contributed by atoms with Crippen molar-refractivity contribution in [2.24, 2.45) is 9.98 Å². The van der Waals surface area contributed by atoms with E-state index in [1.807, 2.05) is 48.5 Å². The maximum absolute atomic E-state index is 12.0. The Kier molecular flexibility index (Phi) is 5.47. The molecule has 0 fully saturated rings. The summed E-state index contributed by atoms with van der Waals surface area (Å²) < 4.78 is 10.4. The molecule has 0 unspecified atom stereocenters. The molecular formula is C22H16N4O4. The summed E-state index contributed by atoms with van der Waals surface area (Å²) in [5.74, 6) is -1.24. The van der Waals surface area contributed by atoms with Crippen LogP contribution in [0.2, 0.25) is 0 Å². The highest BCUT2D eigenvalue weighted by molar-refractivity contribution is 5.94. The molecule has 0 saturated carbocycles. The van der Waals surface area contributed by atoms with Crippen LogP contribution in [0, 0.1) is 0 Å². The number of carbonyl (C=O) groups excluding carboxylic acids is 2. The Labute approximate surface area is 171 Å². The lowest BCUT2D eigenvalue weighted by atomic mass is 10.2. The van der Waals surface area contributed by atoms with Crippen LogP contribution in [0.15, 0.2) is 94.8 Å². The largest absolute Gasteiger partial charge is 0.405 e. The zero-order valence-corrected chi connectivity index (χ0v) is 15.6. The average Bonchev–Trinajstić information content (AvgIpc) is 3.07. The summed E-state index contributed by atoms with van der Waals surface area (Å²) in [6.45, 7) is 0. The summed E-state index contributed by atoms with van der Waals surface area (Å²) in [6.07, 6.45) is 7.98. The third-order valence-corrected chi connectivity index (χ3v) is 4.02. The van der Waals surface area contributed by atoms with Crippen LogP contribution in [0.4, 0.5) is 11.4 Å². The van der Waals surface area contributed by atoms with E-state index in [4.69, 9.17) is 9.47 Å². The van der Waals surface area contributed by atoms with Gasteiger partial charge in [-0.1, -0.05) is 36.4 Å². The van der Waals surface area contributed by atoms with Crippen LogP contribution < -0.4 is 10.6 Å². The topological polar surface area (TPSA) is 101 Å². The maximum Gasteiger partial charge on any atom is 0.337 e. The molecule has 0 saturated heterocycles. The highest BCUT2D eigenvalue weighted by atomic mass is 16.6. The van der Waals surface area contributed by atoms with Crippen molar-refractivity contribution in [3.8, 4) is 0 Å². The first-order valence-electron chi connectivity index (χ1n) is 8.98. The minimum atomic E-state index is -0.758. The molecule has 2 aliphatic heterocycles. The van der Waals surface area contributed by atoms with E-state index in [1.54, 1.807) is 12.4 Å². The summed E-state index contributed by atoms with van der Waals surface area (Å²) in [6, 6.07) is 14.8. The smallest absolute Gasteiger partial charge is 0.337 e. The van der Waals surface area contributed by atoms with E-state index in [0.717, 1.165) is 34.7 Å². The molecule has 8 heteroatoms. The third kappa shape index (κ3) is 4.68. The van der Waals surface area contributed by atoms with Gasteiger partial charge in [-0.2, -0.15) is 0 Å². The van der Waals surface area contributed by atoms with Gasteiger partial charge in [0.2, 0.25) is 11.8 Å². The summed E-state index contributed by atoms with van der Waals surface area (Å²) >= 11 is 0. The Balaban J connectivity index is 1.33. The number of hydrogen-bond acceptors (Lipinski definition) is 8. The fraction of sp³-hybridized carbons (Fsp3) is 0. The number of hydrogen-bond donors (Lipinski definition) is 2. The van der Waals surface area contributed by atoms with Crippen LogP contribution in [-0.2, 0) is 19.1 Å². The van der Waals surface area contributed by atoms with Crippen LogP contribution in [0.3, 0.4) is 0 Å². The molecule has 2 aromatic carbocycles. The maximum atomic E-state index is 12.0. The minimum Gasteiger partial charge on any atom is -0.405 e. The summed E-state index contributed by atoms with van der Waals surface area (Å²) in [4.78, 5) is 32.2. The van der Waals surface area contributed by atoms with Crippen molar-refractivity contribution in [3.05, 3.63) is 96.0 Å². The number of anilines is 2. The fourth-order valence-electron chi connectivity index (χ4n) is 2.67. The van der Waals surface area contributed by atoms with E-state index < -0.39 is 11.9 Å². The molecule has 8 nitrogen and oxygen atoms in total. The van der Waals surface area contributed by atoms with Crippen LogP contribution >= 0.6 is 0 Å². The Bertz CT molecular complexity index is 1060. The number of fused-ring (bicyclic) bond motifs is 2. The molecule has 2 N–H and O–H groups in total. The van der Waals surface area contributed by atoms with Gasteiger partial charge in [0, 0.05) is 47.1 Å². The third-order valence-electron chi connectivity index (χ3n) is 4.02. The standard InChI is InChI=1S/C22H16N4O4/c27-21(29-19-13-23-11-15-5-1-3-7-17(15)25-19)9-10-22(28)30-20-14-24-12-16-6-2-4-8-18(16)26-20/h1-14,25-26H/b10-9+. The van der Waals surface area contributed by atoms with Crippen molar-refractivity contribution < 1.29 is 19.1 Å². The molecule has 0 aliphatic carbocycles. The van der Waals surface area contributed by atoms with Gasteiger partial charge in [-0.25, -0.2) is 9.59 Å². The molecule has 2 aromatic rings. The van der Waals surface area contributed by atoms with Gasteiger partial charge in [0.05, 0.1) is 12.4 Å². The quantitative estimate of drug-likeness (QED) is 0.603. The number of nitrogens with zero attached hydrogens (tertiary/aromatic N) is 2. The van der Waals surface area contributed by atoms with E-state index in [2.05, 4.69) is 20.6 Å². The van der Waals surface area contributed by atoms with Crippen LogP contribution in [-0.4, -0.2) is 24.4 Å². The van der Waals surface area contributed by atoms with Crippen molar-refractivity contribution in [3.63, 3.8) is 0 Å². The Morgan fingerprint density at radius 1 is 0.700 bits per heavy atom. The first-order chi connectivity index (χ1) is 14.7. The molecule has 30 heavy (non-hydrogen) atoms. The van der Waals surface area contributed by atoms with E-state index in [1.165, 1.54) is 12.4 Å². The number of esters is 2. The van der Waals surface area contributed by atoms with Crippen molar-refractivity contribution in [1.29, 1.82) is 0 Å². The van der Waals surface area contributed by atoms with Crippen LogP contribution in [0.5, 0.6) is 0 Å². The second-order valence-electron chi connectivity index (χ2n) is 6.14. The van der Waals surface area contributed by atoms with Gasteiger partial charge in [0.25, 0.3) is 0 Å². The van der Waals surface area contributed by atoms with Gasteiger partial charge in [0.1, 0.15) is 0 Å². The molecule has 0 spiro atoms. The monoisotopic (exact) mass is 400 g/mol. The van der Waals surface area contributed by atoms with Crippen molar-refractivity contribution >= 4 is 35.7 Å². The lowest BCUT2D eigenvalue weighted by molar-refractivity contribution is -0.136. The SMILES string of the molecule is O=C(/C=C/C(=O)OC1=CN=Cc2ccccc2N1)OC1=CN=Cc2ccccc2N1. The van der Waals surface area contributed by atoms with Gasteiger partial charge >= 0.3 is 11.9 Å². The van der Waals surface area contributed by atoms with E-state index in [9.17, 15) is 9.59 Å². The lowest BCUT2D eigenvalue weighted by Gasteiger charge is -2.10. The van der Waals surface area contributed by atoms with E-state index >= 15 is 0 Å². The van der Waals surface area contributed by atoms with E-state index in [0.29, 0.717) is 0 Å². The van der Waals surface area contributed by atoms with Crippen LogP contribution in [0.1, 0.15) is 11.1 Å².